The Morgan fingerprint density at radius 2 is 2.41 bits per heavy atom. The van der Waals surface area contributed by atoms with Crippen molar-refractivity contribution in [2.75, 3.05) is 26.7 Å². The number of aromatic amines is 1. The number of amides is 1. The first-order valence-electron chi connectivity index (χ1n) is 6.12. The molecule has 1 N–H and O–H groups in total. The molecule has 1 aromatic heterocycles. The standard InChI is InChI=1S/C12H20N4O/c1-10-8-13-14-11(10)9-15(2)6-7-16-5-3-4-12(16)17/h8H,3-7,9H2,1-2H3,(H,13,14). The fraction of sp³-hybridized carbons (Fsp3) is 0.667. The van der Waals surface area contributed by atoms with E-state index in [-0.39, 0.29) is 0 Å². The molecule has 1 saturated heterocycles. The summed E-state index contributed by atoms with van der Waals surface area (Å²) in [5.41, 5.74) is 2.34. The second kappa shape index (κ2) is 5.31. The second-order valence-electron chi connectivity index (χ2n) is 4.75. The Morgan fingerprint density at radius 3 is 3.00 bits per heavy atom. The summed E-state index contributed by atoms with van der Waals surface area (Å²) in [6, 6.07) is 0. The predicted octanol–water partition coefficient (Wildman–Crippen LogP) is 0.772. The minimum absolute atomic E-state index is 0.302. The first-order valence-corrected chi connectivity index (χ1v) is 6.12. The van der Waals surface area contributed by atoms with Gasteiger partial charge in [0.05, 0.1) is 11.9 Å². The van der Waals surface area contributed by atoms with Gasteiger partial charge in [-0.1, -0.05) is 0 Å². The molecule has 2 rings (SSSR count). The first kappa shape index (κ1) is 12.1. The number of H-pyrrole nitrogens is 1. The fourth-order valence-corrected chi connectivity index (χ4v) is 2.11. The second-order valence-corrected chi connectivity index (χ2v) is 4.75. The van der Waals surface area contributed by atoms with Crippen molar-refractivity contribution in [2.45, 2.75) is 26.3 Å². The van der Waals surface area contributed by atoms with Gasteiger partial charge in [0.1, 0.15) is 0 Å². The molecule has 94 valence electrons. The zero-order chi connectivity index (χ0) is 12.3. The van der Waals surface area contributed by atoms with Gasteiger partial charge in [-0.2, -0.15) is 5.10 Å². The number of nitrogens with one attached hydrogen (secondary N) is 1. The molecule has 17 heavy (non-hydrogen) atoms. The van der Waals surface area contributed by atoms with Crippen LogP contribution in [0.1, 0.15) is 24.1 Å². The third-order valence-electron chi connectivity index (χ3n) is 3.28. The Labute approximate surface area is 102 Å². The SMILES string of the molecule is Cc1cn[nH]c1CN(C)CCN1CCCC1=O. The van der Waals surface area contributed by atoms with E-state index in [0.29, 0.717) is 5.91 Å². The van der Waals surface area contributed by atoms with Gasteiger partial charge in [-0.25, -0.2) is 0 Å². The number of aromatic nitrogens is 2. The van der Waals surface area contributed by atoms with Crippen LogP contribution in [0.2, 0.25) is 0 Å². The molecule has 1 aromatic rings. The molecule has 0 aromatic carbocycles. The van der Waals surface area contributed by atoms with E-state index in [1.807, 2.05) is 11.1 Å². The van der Waals surface area contributed by atoms with E-state index < -0.39 is 0 Å². The molecular weight excluding hydrogens is 216 g/mol. The zero-order valence-corrected chi connectivity index (χ0v) is 10.6. The minimum Gasteiger partial charge on any atom is -0.341 e. The van der Waals surface area contributed by atoms with Crippen molar-refractivity contribution in [1.29, 1.82) is 0 Å². The highest BCUT2D eigenvalue weighted by molar-refractivity contribution is 5.78. The molecule has 0 radical (unpaired) electrons. The van der Waals surface area contributed by atoms with Crippen LogP contribution in [0, 0.1) is 6.92 Å². The molecule has 1 aliphatic heterocycles. The summed E-state index contributed by atoms with van der Waals surface area (Å²) in [6.45, 7) is 5.58. The van der Waals surface area contributed by atoms with Gasteiger partial charge in [0, 0.05) is 32.6 Å². The third-order valence-corrected chi connectivity index (χ3v) is 3.28. The fourth-order valence-electron chi connectivity index (χ4n) is 2.11. The average molecular weight is 236 g/mol. The molecule has 0 spiro atoms. The lowest BCUT2D eigenvalue weighted by Crippen LogP contribution is -2.33. The van der Waals surface area contributed by atoms with E-state index in [2.05, 4.69) is 29.1 Å². The molecule has 2 heterocycles. The lowest BCUT2D eigenvalue weighted by molar-refractivity contribution is -0.127. The predicted molar refractivity (Wildman–Crippen MR) is 65.5 cm³/mol. The molecular formula is C12H20N4O. The van der Waals surface area contributed by atoms with Crippen LogP contribution in [-0.4, -0.2) is 52.6 Å². The van der Waals surface area contributed by atoms with Crippen LogP contribution in [0.5, 0.6) is 0 Å². The monoisotopic (exact) mass is 236 g/mol. The topological polar surface area (TPSA) is 52.2 Å². The summed E-state index contributed by atoms with van der Waals surface area (Å²) in [7, 11) is 2.07. The summed E-state index contributed by atoms with van der Waals surface area (Å²) in [4.78, 5) is 15.6. The van der Waals surface area contributed by atoms with Gasteiger partial charge < -0.3 is 4.90 Å². The van der Waals surface area contributed by atoms with Crippen LogP contribution in [0.25, 0.3) is 0 Å². The molecule has 1 aliphatic rings. The molecule has 5 heteroatoms. The highest BCUT2D eigenvalue weighted by atomic mass is 16.2. The van der Waals surface area contributed by atoms with Crippen molar-refractivity contribution >= 4 is 5.91 Å². The van der Waals surface area contributed by atoms with Crippen LogP contribution in [-0.2, 0) is 11.3 Å². The lowest BCUT2D eigenvalue weighted by atomic mass is 10.2. The minimum atomic E-state index is 0.302. The van der Waals surface area contributed by atoms with Crippen LogP contribution >= 0.6 is 0 Å². The Bertz CT molecular complexity index is 388. The Kier molecular flexibility index (Phi) is 3.78. The summed E-state index contributed by atoms with van der Waals surface area (Å²) in [5, 5.41) is 7.01. The maximum atomic E-state index is 11.4. The van der Waals surface area contributed by atoms with Gasteiger partial charge in [-0.15, -0.1) is 0 Å². The first-order chi connectivity index (χ1) is 8.16. The van der Waals surface area contributed by atoms with Crippen molar-refractivity contribution in [3.05, 3.63) is 17.5 Å². The van der Waals surface area contributed by atoms with E-state index in [0.717, 1.165) is 44.7 Å². The van der Waals surface area contributed by atoms with Crippen molar-refractivity contribution in [2.24, 2.45) is 0 Å². The maximum Gasteiger partial charge on any atom is 0.222 e. The number of rotatable bonds is 5. The number of hydrogen-bond acceptors (Lipinski definition) is 3. The Hall–Kier alpha value is -1.36. The third kappa shape index (κ3) is 3.06. The quantitative estimate of drug-likeness (QED) is 0.821. The Morgan fingerprint density at radius 1 is 1.59 bits per heavy atom. The van der Waals surface area contributed by atoms with E-state index in [1.54, 1.807) is 0 Å². The smallest absolute Gasteiger partial charge is 0.222 e. The molecule has 0 saturated carbocycles. The van der Waals surface area contributed by atoms with Crippen LogP contribution < -0.4 is 0 Å². The van der Waals surface area contributed by atoms with Gasteiger partial charge in [0.2, 0.25) is 5.91 Å². The number of likely N-dealkylation sites (N-methyl/N-ethyl adjacent to an activating group) is 1. The average Bonchev–Trinajstić information content (AvgIpc) is 2.86. The molecule has 0 aliphatic carbocycles. The number of hydrogen-bond donors (Lipinski definition) is 1. The van der Waals surface area contributed by atoms with Crippen molar-refractivity contribution < 1.29 is 4.79 Å². The molecule has 1 amide bonds. The normalized spacial score (nSPS) is 16.2. The molecule has 0 atom stereocenters. The summed E-state index contributed by atoms with van der Waals surface area (Å²) < 4.78 is 0. The van der Waals surface area contributed by atoms with Gasteiger partial charge >= 0.3 is 0 Å². The van der Waals surface area contributed by atoms with Crippen molar-refractivity contribution in [3.63, 3.8) is 0 Å². The van der Waals surface area contributed by atoms with E-state index in [1.165, 1.54) is 5.56 Å². The van der Waals surface area contributed by atoms with Gasteiger partial charge in [-0.05, 0) is 26.0 Å². The maximum absolute atomic E-state index is 11.4. The summed E-state index contributed by atoms with van der Waals surface area (Å²) in [5.74, 6) is 0.302. The highest BCUT2D eigenvalue weighted by Gasteiger charge is 2.19. The number of carbonyl (C=O) groups excluding carboxylic acids is 1. The van der Waals surface area contributed by atoms with Crippen molar-refractivity contribution in [3.8, 4) is 0 Å². The summed E-state index contributed by atoms with van der Waals surface area (Å²) >= 11 is 0. The van der Waals surface area contributed by atoms with Gasteiger partial charge in [0.15, 0.2) is 0 Å². The van der Waals surface area contributed by atoms with Crippen LogP contribution in [0.3, 0.4) is 0 Å². The number of aryl methyl sites for hydroxylation is 1. The van der Waals surface area contributed by atoms with E-state index >= 15 is 0 Å². The van der Waals surface area contributed by atoms with Crippen LogP contribution in [0.4, 0.5) is 0 Å². The summed E-state index contributed by atoms with van der Waals surface area (Å²) in [6.07, 6.45) is 3.58. The van der Waals surface area contributed by atoms with Gasteiger partial charge in [-0.3, -0.25) is 14.8 Å². The molecule has 5 nitrogen and oxygen atoms in total. The molecule has 0 bridgehead atoms. The molecule has 0 unspecified atom stereocenters. The van der Waals surface area contributed by atoms with E-state index in [4.69, 9.17) is 0 Å². The number of carbonyl (C=O) groups is 1. The number of likely N-dealkylation sites (tertiary alicyclic amines) is 1. The molecule has 1 fully saturated rings. The highest BCUT2D eigenvalue weighted by Crippen LogP contribution is 2.10. The zero-order valence-electron chi connectivity index (χ0n) is 10.6. The van der Waals surface area contributed by atoms with E-state index in [9.17, 15) is 4.79 Å². The van der Waals surface area contributed by atoms with Crippen molar-refractivity contribution in [1.82, 2.24) is 20.0 Å². The largest absolute Gasteiger partial charge is 0.341 e. The van der Waals surface area contributed by atoms with Gasteiger partial charge in [0.25, 0.3) is 0 Å². The lowest BCUT2D eigenvalue weighted by Gasteiger charge is -2.21. The van der Waals surface area contributed by atoms with Crippen LogP contribution in [0.15, 0.2) is 6.20 Å². The number of nitrogens with zero attached hydrogens (tertiary/aromatic N) is 3. The Balaban J connectivity index is 1.76.